The van der Waals surface area contributed by atoms with Crippen molar-refractivity contribution in [1.29, 1.82) is 0 Å². The van der Waals surface area contributed by atoms with E-state index in [-0.39, 0.29) is 16.8 Å². The molecule has 0 aromatic rings. The zero-order valence-corrected chi connectivity index (χ0v) is 26.0. The second kappa shape index (κ2) is 14.6. The molecule has 0 aromatic carbocycles. The van der Waals surface area contributed by atoms with E-state index in [1.54, 1.807) is 0 Å². The van der Waals surface area contributed by atoms with Crippen LogP contribution < -0.4 is 0 Å². The normalized spacial score (nSPS) is 14.3. The van der Waals surface area contributed by atoms with Gasteiger partial charge < -0.3 is 14.2 Å². The van der Waals surface area contributed by atoms with Crippen LogP contribution in [0.5, 0.6) is 0 Å². The van der Waals surface area contributed by atoms with Crippen LogP contribution >= 0.6 is 0 Å². The molecule has 0 radical (unpaired) electrons. The van der Waals surface area contributed by atoms with Crippen LogP contribution in [0.4, 0.5) is 0 Å². The maximum atomic E-state index is 6.93. The van der Waals surface area contributed by atoms with Crippen molar-refractivity contribution in [1.82, 2.24) is 0 Å². The van der Waals surface area contributed by atoms with Crippen LogP contribution in [0.1, 0.15) is 142 Å². The fourth-order valence-electron chi connectivity index (χ4n) is 6.49. The van der Waals surface area contributed by atoms with Crippen molar-refractivity contribution in [3.63, 3.8) is 0 Å². The molecule has 206 valence electrons. The Bertz CT molecular complexity index is 427. The summed E-state index contributed by atoms with van der Waals surface area (Å²) in [5, 5.41) is 0. The standard InChI is InChI=1S/C31H64O3/c1-22(2)16-29(13,17-23(3)4)32-28(33-30(14,18-24(5)6)19-25(7)8)34-31(15,20-26(9)10)21-27(11)12/h22-28H,16-21H2,1-15H3. The zero-order chi connectivity index (χ0) is 26.9. The molecule has 0 bridgehead atoms. The van der Waals surface area contributed by atoms with Crippen LogP contribution in [0.3, 0.4) is 0 Å². The minimum absolute atomic E-state index is 0.292. The summed E-state index contributed by atoms with van der Waals surface area (Å²) < 4.78 is 20.8. The Morgan fingerprint density at radius 3 is 0.618 bits per heavy atom. The molecule has 0 fully saturated rings. The maximum Gasteiger partial charge on any atom is 0.273 e. The van der Waals surface area contributed by atoms with Crippen LogP contribution in [0.15, 0.2) is 0 Å². The van der Waals surface area contributed by atoms with E-state index in [2.05, 4.69) is 104 Å². The lowest BCUT2D eigenvalue weighted by molar-refractivity contribution is -0.387. The van der Waals surface area contributed by atoms with Gasteiger partial charge in [-0.2, -0.15) is 0 Å². The molecule has 3 heteroatoms. The van der Waals surface area contributed by atoms with Crippen LogP contribution in [0, 0.1) is 35.5 Å². The monoisotopic (exact) mass is 484 g/mol. The lowest BCUT2D eigenvalue weighted by atomic mass is 9.85. The molecule has 0 spiro atoms. The maximum absolute atomic E-state index is 6.93. The number of rotatable bonds is 18. The highest BCUT2D eigenvalue weighted by molar-refractivity contribution is 4.84. The number of hydrogen-bond acceptors (Lipinski definition) is 3. The van der Waals surface area contributed by atoms with Gasteiger partial charge in [0.2, 0.25) is 0 Å². The second-order valence-electron chi connectivity index (χ2n) is 14.6. The highest BCUT2D eigenvalue weighted by atomic mass is 16.9. The van der Waals surface area contributed by atoms with Crippen LogP contribution in [-0.4, -0.2) is 23.3 Å². The minimum atomic E-state index is -0.674. The first-order valence-electron chi connectivity index (χ1n) is 14.3. The molecule has 0 amide bonds. The lowest BCUT2D eigenvalue weighted by Gasteiger charge is -2.44. The topological polar surface area (TPSA) is 27.7 Å². The van der Waals surface area contributed by atoms with E-state index in [0.717, 1.165) is 38.5 Å². The average Bonchev–Trinajstić information content (AvgIpc) is 2.47. The summed E-state index contributed by atoms with van der Waals surface area (Å²) >= 11 is 0. The van der Waals surface area contributed by atoms with E-state index in [4.69, 9.17) is 14.2 Å². The Morgan fingerprint density at radius 2 is 0.500 bits per heavy atom. The molecule has 0 rings (SSSR count). The van der Waals surface area contributed by atoms with Crippen molar-refractivity contribution >= 4 is 0 Å². The molecule has 0 aliphatic rings. The van der Waals surface area contributed by atoms with Gasteiger partial charge in [-0.05, 0) is 94.8 Å². The first-order valence-corrected chi connectivity index (χ1v) is 14.3. The largest absolute Gasteiger partial charge is 0.323 e. The first kappa shape index (κ1) is 33.9. The highest BCUT2D eigenvalue weighted by Crippen LogP contribution is 2.38. The predicted molar refractivity (Wildman–Crippen MR) is 149 cm³/mol. The molecule has 0 N–H and O–H groups in total. The third-order valence-corrected chi connectivity index (χ3v) is 6.18. The molecule has 0 unspecified atom stereocenters. The third-order valence-electron chi connectivity index (χ3n) is 6.18. The van der Waals surface area contributed by atoms with Crippen molar-refractivity contribution in [3.05, 3.63) is 0 Å². The number of hydrogen-bond donors (Lipinski definition) is 0. The Kier molecular flexibility index (Phi) is 14.5. The minimum Gasteiger partial charge on any atom is -0.323 e. The van der Waals surface area contributed by atoms with Gasteiger partial charge in [0.05, 0.1) is 16.8 Å². The van der Waals surface area contributed by atoms with Gasteiger partial charge in [0, 0.05) is 0 Å². The van der Waals surface area contributed by atoms with Crippen molar-refractivity contribution in [2.75, 3.05) is 0 Å². The summed E-state index contributed by atoms with van der Waals surface area (Å²) in [6, 6.07) is 0. The van der Waals surface area contributed by atoms with E-state index in [1.807, 2.05) is 0 Å². The smallest absolute Gasteiger partial charge is 0.273 e. The van der Waals surface area contributed by atoms with E-state index in [1.165, 1.54) is 0 Å². The van der Waals surface area contributed by atoms with E-state index in [9.17, 15) is 0 Å². The summed E-state index contributed by atoms with van der Waals surface area (Å²) in [5.41, 5.74) is -0.875. The van der Waals surface area contributed by atoms with Gasteiger partial charge in [0.15, 0.2) is 0 Å². The SMILES string of the molecule is CC(C)CC(C)(CC(C)C)OC(OC(C)(CC(C)C)CC(C)C)OC(C)(CC(C)C)CC(C)C. The molecular weight excluding hydrogens is 420 g/mol. The van der Waals surface area contributed by atoms with Gasteiger partial charge in [0.25, 0.3) is 6.48 Å². The molecular formula is C31H64O3. The van der Waals surface area contributed by atoms with Crippen LogP contribution in [0.2, 0.25) is 0 Å². The summed E-state index contributed by atoms with van der Waals surface area (Å²) in [6.07, 6.45) is 5.94. The summed E-state index contributed by atoms with van der Waals surface area (Å²) in [6.45, 7) is 33.5. The van der Waals surface area contributed by atoms with Gasteiger partial charge in [-0.15, -0.1) is 0 Å². The van der Waals surface area contributed by atoms with Crippen LogP contribution in [-0.2, 0) is 14.2 Å². The molecule has 3 nitrogen and oxygen atoms in total. The molecule has 0 saturated carbocycles. The zero-order valence-electron chi connectivity index (χ0n) is 26.0. The molecule has 0 heterocycles. The Labute approximate surface area is 215 Å². The quantitative estimate of drug-likeness (QED) is 0.181. The molecule has 0 aliphatic carbocycles. The summed E-state index contributed by atoms with van der Waals surface area (Å²) in [4.78, 5) is 0. The fourth-order valence-corrected chi connectivity index (χ4v) is 6.49. The van der Waals surface area contributed by atoms with Crippen molar-refractivity contribution < 1.29 is 14.2 Å². The van der Waals surface area contributed by atoms with Crippen molar-refractivity contribution in [3.8, 4) is 0 Å². The second-order valence-corrected chi connectivity index (χ2v) is 14.6. The van der Waals surface area contributed by atoms with Gasteiger partial charge >= 0.3 is 0 Å². The first-order chi connectivity index (χ1) is 15.3. The van der Waals surface area contributed by atoms with Gasteiger partial charge in [-0.25, -0.2) is 0 Å². The fraction of sp³-hybridized carbons (Fsp3) is 1.00. The van der Waals surface area contributed by atoms with Crippen LogP contribution in [0.25, 0.3) is 0 Å². The predicted octanol–water partition coefficient (Wildman–Crippen LogP) is 9.87. The highest BCUT2D eigenvalue weighted by Gasteiger charge is 2.40. The van der Waals surface area contributed by atoms with Gasteiger partial charge in [-0.3, -0.25) is 0 Å². The van der Waals surface area contributed by atoms with Crippen molar-refractivity contribution in [2.24, 2.45) is 35.5 Å². The summed E-state index contributed by atoms with van der Waals surface area (Å²) in [5.74, 6) is 3.25. The number of ether oxygens (including phenoxy) is 3. The third kappa shape index (κ3) is 15.1. The summed E-state index contributed by atoms with van der Waals surface area (Å²) in [7, 11) is 0. The lowest BCUT2D eigenvalue weighted by Crippen LogP contribution is -2.48. The van der Waals surface area contributed by atoms with Gasteiger partial charge in [0.1, 0.15) is 0 Å². The van der Waals surface area contributed by atoms with E-state index < -0.39 is 6.48 Å². The Hall–Kier alpha value is -0.120. The van der Waals surface area contributed by atoms with E-state index >= 15 is 0 Å². The Morgan fingerprint density at radius 1 is 0.353 bits per heavy atom. The van der Waals surface area contributed by atoms with E-state index in [0.29, 0.717) is 35.5 Å². The Balaban J connectivity index is 6.27. The van der Waals surface area contributed by atoms with Crippen molar-refractivity contribution in [2.45, 2.75) is 166 Å². The average molecular weight is 485 g/mol. The molecule has 0 saturated heterocycles. The molecule has 0 aliphatic heterocycles. The molecule has 0 aromatic heterocycles. The molecule has 34 heavy (non-hydrogen) atoms. The van der Waals surface area contributed by atoms with Gasteiger partial charge in [-0.1, -0.05) is 83.1 Å². The molecule has 0 atom stereocenters.